The first-order valence-corrected chi connectivity index (χ1v) is 8.15. The summed E-state index contributed by atoms with van der Waals surface area (Å²) in [6, 6.07) is 10.8. The first-order valence-electron chi connectivity index (χ1n) is 6.37. The van der Waals surface area contributed by atoms with Crippen LogP contribution in [0.3, 0.4) is 0 Å². The second-order valence-electron chi connectivity index (χ2n) is 4.62. The van der Waals surface area contributed by atoms with Gasteiger partial charge in [0.2, 0.25) is 5.91 Å². The minimum absolute atomic E-state index is 0.0161. The molecule has 2 aromatic carbocycles. The lowest BCUT2D eigenvalue weighted by atomic mass is 10.2. The van der Waals surface area contributed by atoms with Crippen molar-refractivity contribution in [2.45, 2.75) is 18.7 Å². The second kappa shape index (κ2) is 6.37. The van der Waals surface area contributed by atoms with Crippen LogP contribution in [-0.2, 0) is 14.9 Å². The minimum Gasteiger partial charge on any atom is -0.377 e. The molecule has 0 saturated heterocycles. The topological polar surface area (TPSA) is 72.5 Å². The average Bonchev–Trinajstić information content (AvgIpc) is 2.43. The number of amides is 1. The van der Waals surface area contributed by atoms with E-state index >= 15 is 0 Å². The first kappa shape index (κ1) is 16.3. The van der Waals surface area contributed by atoms with E-state index in [1.165, 1.54) is 19.1 Å². The highest BCUT2D eigenvalue weighted by molar-refractivity contribution is 7.87. The van der Waals surface area contributed by atoms with Gasteiger partial charge in [-0.25, -0.2) is 0 Å². The van der Waals surface area contributed by atoms with Crippen molar-refractivity contribution < 1.29 is 17.4 Å². The molecular weight excluding hydrogens is 326 g/mol. The fourth-order valence-electron chi connectivity index (χ4n) is 1.84. The van der Waals surface area contributed by atoms with Crippen LogP contribution in [0, 0.1) is 6.92 Å². The number of hydrogen-bond acceptors (Lipinski definition) is 4. The van der Waals surface area contributed by atoms with Crippen LogP contribution in [0.15, 0.2) is 47.4 Å². The summed E-state index contributed by atoms with van der Waals surface area (Å²) in [6.07, 6.45) is 0. The Bertz CT molecular complexity index is 818. The van der Waals surface area contributed by atoms with E-state index in [1.807, 2.05) is 0 Å². The smallest absolute Gasteiger partial charge is 0.339 e. The lowest BCUT2D eigenvalue weighted by Gasteiger charge is -2.13. The fourth-order valence-corrected chi connectivity index (χ4v) is 3.28. The Morgan fingerprint density at radius 3 is 2.55 bits per heavy atom. The highest BCUT2D eigenvalue weighted by Crippen LogP contribution is 2.29. The van der Waals surface area contributed by atoms with Crippen molar-refractivity contribution in [1.29, 1.82) is 0 Å². The highest BCUT2D eigenvalue weighted by Gasteiger charge is 2.21. The maximum absolute atomic E-state index is 12.4. The summed E-state index contributed by atoms with van der Waals surface area (Å²) in [6.45, 7) is 2.97. The van der Waals surface area contributed by atoms with Crippen molar-refractivity contribution >= 4 is 33.3 Å². The van der Waals surface area contributed by atoms with Crippen LogP contribution in [0.25, 0.3) is 0 Å². The molecule has 2 rings (SSSR count). The van der Waals surface area contributed by atoms with Crippen LogP contribution < -0.4 is 9.50 Å². The van der Waals surface area contributed by atoms with Gasteiger partial charge in [0.15, 0.2) is 5.75 Å². The Balaban J connectivity index is 2.41. The van der Waals surface area contributed by atoms with E-state index in [2.05, 4.69) is 5.32 Å². The molecular formula is C15H14ClNO4S. The number of para-hydroxylation sites is 2. The van der Waals surface area contributed by atoms with Crippen LogP contribution >= 0.6 is 11.6 Å². The normalized spacial score (nSPS) is 11.0. The predicted octanol–water partition coefficient (Wildman–Crippen LogP) is 3.37. The summed E-state index contributed by atoms with van der Waals surface area (Å²) in [4.78, 5) is 11.2. The summed E-state index contributed by atoms with van der Waals surface area (Å²) >= 11 is 5.85. The van der Waals surface area contributed by atoms with Gasteiger partial charge in [0.25, 0.3) is 0 Å². The molecule has 0 aliphatic carbocycles. The molecule has 22 heavy (non-hydrogen) atoms. The molecule has 0 heterocycles. The largest absolute Gasteiger partial charge is 0.377 e. The van der Waals surface area contributed by atoms with E-state index < -0.39 is 10.1 Å². The molecule has 1 N–H and O–H groups in total. The van der Waals surface area contributed by atoms with Crippen LogP contribution in [0.1, 0.15) is 12.5 Å². The number of rotatable bonds is 4. The van der Waals surface area contributed by atoms with Crippen molar-refractivity contribution in [1.82, 2.24) is 0 Å². The third-order valence-electron chi connectivity index (χ3n) is 2.82. The Morgan fingerprint density at radius 2 is 1.86 bits per heavy atom. The van der Waals surface area contributed by atoms with Gasteiger partial charge in [-0.3, -0.25) is 4.79 Å². The number of halogens is 1. The van der Waals surface area contributed by atoms with E-state index in [9.17, 15) is 13.2 Å². The van der Waals surface area contributed by atoms with Gasteiger partial charge in [-0.05, 0) is 36.8 Å². The SMILES string of the molecule is CC(=O)Nc1ccccc1OS(=O)(=O)c1cc(Cl)ccc1C. The molecule has 2 aromatic rings. The average molecular weight is 340 g/mol. The van der Waals surface area contributed by atoms with Gasteiger partial charge in [0.1, 0.15) is 4.90 Å². The molecule has 5 nitrogen and oxygen atoms in total. The van der Waals surface area contributed by atoms with Gasteiger partial charge >= 0.3 is 10.1 Å². The zero-order chi connectivity index (χ0) is 16.3. The summed E-state index contributed by atoms with van der Waals surface area (Å²) in [5, 5.41) is 2.81. The molecule has 0 aromatic heterocycles. The van der Waals surface area contributed by atoms with E-state index in [0.717, 1.165) is 0 Å². The number of hydrogen-bond donors (Lipinski definition) is 1. The van der Waals surface area contributed by atoms with Crippen LogP contribution in [0.5, 0.6) is 5.75 Å². The maximum Gasteiger partial charge on any atom is 0.339 e. The number of aryl methyl sites for hydroxylation is 1. The van der Waals surface area contributed by atoms with E-state index in [-0.39, 0.29) is 22.2 Å². The van der Waals surface area contributed by atoms with Crippen LogP contribution in [0.4, 0.5) is 5.69 Å². The molecule has 0 fully saturated rings. The molecule has 7 heteroatoms. The summed E-state index contributed by atoms with van der Waals surface area (Å²) in [7, 11) is -4.06. The fraction of sp³-hybridized carbons (Fsp3) is 0.133. The molecule has 0 bridgehead atoms. The second-order valence-corrected chi connectivity index (χ2v) is 6.58. The van der Waals surface area contributed by atoms with E-state index in [0.29, 0.717) is 10.6 Å². The van der Waals surface area contributed by atoms with E-state index in [4.69, 9.17) is 15.8 Å². The van der Waals surface area contributed by atoms with Gasteiger partial charge in [0.05, 0.1) is 5.69 Å². The molecule has 0 unspecified atom stereocenters. The summed E-state index contributed by atoms with van der Waals surface area (Å²) < 4.78 is 30.0. The van der Waals surface area contributed by atoms with Crippen molar-refractivity contribution in [3.05, 3.63) is 53.1 Å². The molecule has 0 saturated carbocycles. The van der Waals surface area contributed by atoms with E-state index in [1.54, 1.807) is 37.3 Å². The molecule has 0 radical (unpaired) electrons. The Kier molecular flexibility index (Phi) is 4.73. The Hall–Kier alpha value is -2.05. The third kappa shape index (κ3) is 3.78. The Labute approximate surface area is 134 Å². The quantitative estimate of drug-likeness (QED) is 0.867. The van der Waals surface area contributed by atoms with Crippen molar-refractivity contribution in [2.75, 3.05) is 5.32 Å². The molecule has 0 spiro atoms. The number of carbonyl (C=O) groups is 1. The third-order valence-corrected chi connectivity index (χ3v) is 4.43. The predicted molar refractivity (Wildman–Crippen MR) is 84.7 cm³/mol. The van der Waals surface area contributed by atoms with Gasteiger partial charge in [-0.2, -0.15) is 8.42 Å². The molecule has 0 aliphatic heterocycles. The zero-order valence-corrected chi connectivity index (χ0v) is 13.5. The minimum atomic E-state index is -4.06. The van der Waals surface area contributed by atoms with Gasteiger partial charge in [0, 0.05) is 11.9 Å². The lowest BCUT2D eigenvalue weighted by molar-refractivity contribution is -0.114. The monoisotopic (exact) mass is 339 g/mol. The lowest BCUT2D eigenvalue weighted by Crippen LogP contribution is -2.14. The molecule has 1 amide bonds. The molecule has 0 aliphatic rings. The first-order chi connectivity index (χ1) is 10.3. The van der Waals surface area contributed by atoms with Crippen molar-refractivity contribution in [3.63, 3.8) is 0 Å². The molecule has 116 valence electrons. The van der Waals surface area contributed by atoms with Crippen molar-refractivity contribution in [3.8, 4) is 5.75 Å². The highest BCUT2D eigenvalue weighted by atomic mass is 35.5. The van der Waals surface area contributed by atoms with Gasteiger partial charge < -0.3 is 9.50 Å². The summed E-state index contributed by atoms with van der Waals surface area (Å²) in [5.41, 5.74) is 0.791. The number of carbonyl (C=O) groups excluding carboxylic acids is 1. The van der Waals surface area contributed by atoms with Crippen LogP contribution in [-0.4, -0.2) is 14.3 Å². The zero-order valence-electron chi connectivity index (χ0n) is 12.0. The van der Waals surface area contributed by atoms with Gasteiger partial charge in [-0.15, -0.1) is 0 Å². The number of benzene rings is 2. The maximum atomic E-state index is 12.4. The summed E-state index contributed by atoms with van der Waals surface area (Å²) in [5.74, 6) is -0.288. The van der Waals surface area contributed by atoms with Gasteiger partial charge in [-0.1, -0.05) is 29.8 Å². The number of nitrogens with one attached hydrogen (secondary N) is 1. The number of anilines is 1. The standard InChI is InChI=1S/C15H14ClNO4S/c1-10-7-8-12(16)9-15(10)22(19,20)21-14-6-4-3-5-13(14)17-11(2)18/h3-9H,1-2H3,(H,17,18). The molecule has 0 atom stereocenters. The van der Waals surface area contributed by atoms with Crippen molar-refractivity contribution in [2.24, 2.45) is 0 Å². The van der Waals surface area contributed by atoms with Crippen LogP contribution in [0.2, 0.25) is 5.02 Å². The Morgan fingerprint density at radius 1 is 1.18 bits per heavy atom.